The maximum Gasteiger partial charge on any atom is 0.166 e. The molecule has 0 saturated heterocycles. The number of hydrogen-bond donors (Lipinski definition) is 0. The van der Waals surface area contributed by atoms with Crippen molar-refractivity contribution in [2.24, 2.45) is 0 Å². The van der Waals surface area contributed by atoms with Gasteiger partial charge in [0.25, 0.3) is 0 Å². The zero-order valence-corrected chi connectivity index (χ0v) is 5.85. The number of hydrogen-bond acceptors (Lipinski definition) is 0. The van der Waals surface area contributed by atoms with Crippen molar-refractivity contribution in [2.45, 2.75) is 0 Å². The van der Waals surface area contributed by atoms with Gasteiger partial charge in [0.1, 0.15) is 0 Å². The van der Waals surface area contributed by atoms with Gasteiger partial charge in [-0.25, -0.2) is 8.78 Å². The monoisotopic (exact) mass is 153 g/mol. The van der Waals surface area contributed by atoms with Gasteiger partial charge in [-0.3, -0.25) is 0 Å². The molecule has 57 valence electrons. The molecule has 0 aliphatic carbocycles. The molecule has 0 spiro atoms. The minimum absolute atomic E-state index is 0.222. The summed E-state index contributed by atoms with van der Waals surface area (Å²) in [6.45, 7) is 3.38. The van der Waals surface area contributed by atoms with Gasteiger partial charge in [-0.2, -0.15) is 0 Å². The molecule has 1 radical (unpaired) electrons. The average molecular weight is 153 g/mol. The average Bonchev–Trinajstić information content (AvgIpc) is 1.99. The van der Waals surface area contributed by atoms with Crippen molar-refractivity contribution in [3.63, 3.8) is 0 Å². The fraction of sp³-hybridized carbons (Fsp3) is 0. The number of allylic oxidation sites excluding steroid dienone is 1. The minimum atomic E-state index is -0.833. The van der Waals surface area contributed by atoms with E-state index in [4.69, 9.17) is 0 Å². The molecule has 1 aromatic rings. The topological polar surface area (TPSA) is 0 Å². The van der Waals surface area contributed by atoms with Crippen LogP contribution in [0.4, 0.5) is 8.78 Å². The second-order valence-electron chi connectivity index (χ2n) is 2.05. The molecule has 1 aromatic carbocycles. The third-order valence-corrected chi connectivity index (χ3v) is 1.28. The van der Waals surface area contributed by atoms with E-state index >= 15 is 0 Å². The molecule has 1 rings (SSSR count). The molecule has 0 nitrogen and oxygen atoms in total. The summed E-state index contributed by atoms with van der Waals surface area (Å²) in [7, 11) is 0. The Labute approximate surface area is 64.2 Å². The summed E-state index contributed by atoms with van der Waals surface area (Å²) in [5, 5.41) is 0. The van der Waals surface area contributed by atoms with Crippen LogP contribution in [0.5, 0.6) is 0 Å². The van der Waals surface area contributed by atoms with E-state index in [1.807, 2.05) is 0 Å². The van der Waals surface area contributed by atoms with Crippen LogP contribution in [0, 0.1) is 18.6 Å². The predicted molar refractivity (Wildman–Crippen MR) is 40.7 cm³/mol. The summed E-state index contributed by atoms with van der Waals surface area (Å²) in [6.07, 6.45) is 2.83. The van der Waals surface area contributed by atoms with Crippen molar-refractivity contribution in [2.75, 3.05) is 0 Å². The van der Waals surface area contributed by atoms with Gasteiger partial charge in [0, 0.05) is 5.56 Å². The highest BCUT2D eigenvalue weighted by atomic mass is 19.2. The molecule has 2 heteroatoms. The predicted octanol–water partition coefficient (Wildman–Crippen LogP) is 2.81. The van der Waals surface area contributed by atoms with Crippen molar-refractivity contribution in [3.8, 4) is 0 Å². The number of halogens is 2. The smallest absolute Gasteiger partial charge is 0.166 e. The van der Waals surface area contributed by atoms with Crippen LogP contribution in [0.15, 0.2) is 24.3 Å². The lowest BCUT2D eigenvalue weighted by Crippen LogP contribution is -1.86. The fourth-order valence-corrected chi connectivity index (χ4v) is 0.776. The van der Waals surface area contributed by atoms with Crippen LogP contribution < -0.4 is 0 Å². The Kier molecular flexibility index (Phi) is 2.36. The Morgan fingerprint density at radius 2 is 2.00 bits per heavy atom. The van der Waals surface area contributed by atoms with Crippen molar-refractivity contribution in [3.05, 3.63) is 48.4 Å². The third-order valence-electron chi connectivity index (χ3n) is 1.28. The first-order chi connectivity index (χ1) is 5.25. The van der Waals surface area contributed by atoms with Crippen molar-refractivity contribution >= 4 is 6.08 Å². The lowest BCUT2D eigenvalue weighted by atomic mass is 10.2. The van der Waals surface area contributed by atoms with E-state index in [-0.39, 0.29) is 5.56 Å². The molecule has 0 amide bonds. The SMILES string of the molecule is [CH2]/C=C/c1cccc(F)c1F. The maximum absolute atomic E-state index is 12.7. The molecular weight excluding hydrogens is 146 g/mol. The quantitative estimate of drug-likeness (QED) is 0.582. The van der Waals surface area contributed by atoms with Gasteiger partial charge in [-0.1, -0.05) is 24.3 Å². The fourth-order valence-electron chi connectivity index (χ4n) is 0.776. The lowest BCUT2D eigenvalue weighted by molar-refractivity contribution is 0.507. The van der Waals surface area contributed by atoms with Gasteiger partial charge in [0.15, 0.2) is 11.6 Å². The summed E-state index contributed by atoms with van der Waals surface area (Å²) in [4.78, 5) is 0. The summed E-state index contributed by atoms with van der Waals surface area (Å²) >= 11 is 0. The largest absolute Gasteiger partial charge is 0.204 e. The van der Waals surface area contributed by atoms with Crippen molar-refractivity contribution < 1.29 is 8.78 Å². The first-order valence-corrected chi connectivity index (χ1v) is 3.15. The van der Waals surface area contributed by atoms with Gasteiger partial charge in [-0.05, 0) is 13.0 Å². The Balaban J connectivity index is 3.16. The minimum Gasteiger partial charge on any atom is -0.204 e. The maximum atomic E-state index is 12.7. The van der Waals surface area contributed by atoms with Crippen molar-refractivity contribution in [1.29, 1.82) is 0 Å². The van der Waals surface area contributed by atoms with Crippen LogP contribution in [-0.2, 0) is 0 Å². The van der Waals surface area contributed by atoms with Gasteiger partial charge < -0.3 is 0 Å². The molecule has 0 bridgehead atoms. The Hall–Kier alpha value is -1.18. The Bertz CT molecular complexity index is 277. The molecule has 0 saturated carbocycles. The third kappa shape index (κ3) is 1.64. The van der Waals surface area contributed by atoms with E-state index in [1.165, 1.54) is 24.3 Å². The van der Waals surface area contributed by atoms with Gasteiger partial charge >= 0.3 is 0 Å². The van der Waals surface area contributed by atoms with E-state index in [0.29, 0.717) is 0 Å². The summed E-state index contributed by atoms with van der Waals surface area (Å²) in [5.41, 5.74) is 0.222. The second kappa shape index (κ2) is 3.28. The van der Waals surface area contributed by atoms with E-state index in [2.05, 4.69) is 6.92 Å². The first-order valence-electron chi connectivity index (χ1n) is 3.15. The normalized spacial score (nSPS) is 10.8. The molecule has 0 aliphatic heterocycles. The zero-order valence-electron chi connectivity index (χ0n) is 5.85. The molecule has 11 heavy (non-hydrogen) atoms. The highest BCUT2D eigenvalue weighted by molar-refractivity contribution is 5.50. The highest BCUT2D eigenvalue weighted by Crippen LogP contribution is 2.12. The first kappa shape index (κ1) is 7.92. The van der Waals surface area contributed by atoms with Gasteiger partial charge in [0.2, 0.25) is 0 Å². The van der Waals surface area contributed by atoms with E-state index in [9.17, 15) is 8.78 Å². The van der Waals surface area contributed by atoms with Crippen LogP contribution in [-0.4, -0.2) is 0 Å². The Morgan fingerprint density at radius 3 is 2.64 bits per heavy atom. The number of benzene rings is 1. The zero-order chi connectivity index (χ0) is 8.27. The van der Waals surface area contributed by atoms with Crippen LogP contribution >= 0.6 is 0 Å². The molecule has 0 atom stereocenters. The molecule has 0 fully saturated rings. The van der Waals surface area contributed by atoms with Crippen LogP contribution in [0.1, 0.15) is 5.56 Å². The second-order valence-corrected chi connectivity index (χ2v) is 2.05. The summed E-state index contributed by atoms with van der Waals surface area (Å²) < 4.78 is 25.2. The van der Waals surface area contributed by atoms with Crippen molar-refractivity contribution in [1.82, 2.24) is 0 Å². The van der Waals surface area contributed by atoms with E-state index in [0.717, 1.165) is 6.07 Å². The lowest BCUT2D eigenvalue weighted by Gasteiger charge is -1.95. The van der Waals surface area contributed by atoms with Crippen LogP contribution in [0.25, 0.3) is 6.08 Å². The van der Waals surface area contributed by atoms with Gasteiger partial charge in [0.05, 0.1) is 0 Å². The molecule has 0 aliphatic rings. The van der Waals surface area contributed by atoms with E-state index in [1.54, 1.807) is 0 Å². The Morgan fingerprint density at radius 1 is 1.27 bits per heavy atom. The highest BCUT2D eigenvalue weighted by Gasteiger charge is 2.02. The van der Waals surface area contributed by atoms with Crippen LogP contribution in [0.3, 0.4) is 0 Å². The number of rotatable bonds is 1. The summed E-state index contributed by atoms with van der Waals surface area (Å²) in [6, 6.07) is 4.02. The molecule has 0 unspecified atom stereocenters. The molecule has 0 heterocycles. The van der Waals surface area contributed by atoms with E-state index < -0.39 is 11.6 Å². The standard InChI is InChI=1S/C9H7F2/c1-2-4-7-5-3-6-8(10)9(7)11/h2-6H,1H2/b4-2+. The molecule has 0 aromatic heterocycles. The van der Waals surface area contributed by atoms with Gasteiger partial charge in [-0.15, -0.1) is 0 Å². The molecular formula is C9H7F2. The van der Waals surface area contributed by atoms with Crippen LogP contribution in [0.2, 0.25) is 0 Å². The summed E-state index contributed by atoms with van der Waals surface area (Å²) in [5.74, 6) is -1.66. The molecule has 0 N–H and O–H groups in total.